The van der Waals surface area contributed by atoms with Crippen molar-refractivity contribution in [3.63, 3.8) is 0 Å². The van der Waals surface area contributed by atoms with Gasteiger partial charge in [-0.1, -0.05) is 57.5 Å². The summed E-state index contributed by atoms with van der Waals surface area (Å²) in [6.07, 6.45) is 3.98. The van der Waals surface area contributed by atoms with Crippen LogP contribution in [0.15, 0.2) is 30.3 Å². The van der Waals surface area contributed by atoms with Crippen LogP contribution in [0, 0.1) is 11.3 Å². The highest BCUT2D eigenvalue weighted by atomic mass is 16.3. The summed E-state index contributed by atoms with van der Waals surface area (Å²) in [4.78, 5) is 0. The van der Waals surface area contributed by atoms with Crippen molar-refractivity contribution in [2.24, 2.45) is 11.3 Å². The lowest BCUT2D eigenvalue weighted by molar-refractivity contribution is 0.127. The summed E-state index contributed by atoms with van der Waals surface area (Å²) in [6.45, 7) is 7.83. The van der Waals surface area contributed by atoms with E-state index in [0.29, 0.717) is 12.0 Å². The Morgan fingerprint density at radius 1 is 1.25 bits per heavy atom. The van der Waals surface area contributed by atoms with Gasteiger partial charge in [-0.05, 0) is 29.7 Å². The summed E-state index contributed by atoms with van der Waals surface area (Å²) in [5.41, 5.74) is 1.22. The first-order chi connectivity index (χ1) is 9.54. The van der Waals surface area contributed by atoms with E-state index in [2.05, 4.69) is 56.4 Å². The molecule has 0 aliphatic heterocycles. The van der Waals surface area contributed by atoms with Crippen molar-refractivity contribution in [2.45, 2.75) is 52.0 Å². The Kier molecular flexibility index (Phi) is 5.22. The quantitative estimate of drug-likeness (QED) is 0.832. The topological polar surface area (TPSA) is 32.3 Å². The standard InChI is InChI=1S/C18H29NO/c1-14-8-7-11-17(14)19-12-16(18(2,3)13-20)15-9-5-4-6-10-15/h4-6,9-10,14,16-17,19-20H,7-8,11-13H2,1-3H3. The Morgan fingerprint density at radius 2 is 1.95 bits per heavy atom. The zero-order valence-electron chi connectivity index (χ0n) is 13.1. The van der Waals surface area contributed by atoms with Crippen molar-refractivity contribution in [1.82, 2.24) is 5.32 Å². The molecule has 1 aliphatic rings. The number of aliphatic hydroxyl groups excluding tert-OH is 1. The fourth-order valence-electron chi connectivity index (χ4n) is 3.36. The SMILES string of the molecule is CC1CCCC1NCC(c1ccccc1)C(C)(C)CO. The smallest absolute Gasteiger partial charge is 0.0488 e. The molecular weight excluding hydrogens is 246 g/mol. The lowest BCUT2D eigenvalue weighted by atomic mass is 9.75. The molecule has 2 nitrogen and oxygen atoms in total. The van der Waals surface area contributed by atoms with Gasteiger partial charge < -0.3 is 10.4 Å². The third-order valence-electron chi connectivity index (χ3n) is 5.00. The molecular formula is C18H29NO. The number of aliphatic hydroxyl groups is 1. The first-order valence-electron chi connectivity index (χ1n) is 7.94. The minimum atomic E-state index is -0.101. The highest BCUT2D eigenvalue weighted by molar-refractivity contribution is 5.22. The molecule has 1 aromatic carbocycles. The number of rotatable bonds is 6. The summed E-state index contributed by atoms with van der Waals surface area (Å²) >= 11 is 0. The maximum Gasteiger partial charge on any atom is 0.0488 e. The Balaban J connectivity index is 2.07. The number of nitrogens with one attached hydrogen (secondary N) is 1. The lowest BCUT2D eigenvalue weighted by Gasteiger charge is -2.34. The van der Waals surface area contributed by atoms with Crippen molar-refractivity contribution in [2.75, 3.05) is 13.2 Å². The molecule has 3 atom stereocenters. The van der Waals surface area contributed by atoms with E-state index >= 15 is 0 Å². The first kappa shape index (κ1) is 15.5. The molecule has 2 heteroatoms. The van der Waals surface area contributed by atoms with Crippen LogP contribution in [0.2, 0.25) is 0 Å². The van der Waals surface area contributed by atoms with E-state index in [-0.39, 0.29) is 12.0 Å². The summed E-state index contributed by atoms with van der Waals surface area (Å²) in [5, 5.41) is 13.5. The fourth-order valence-corrected chi connectivity index (χ4v) is 3.36. The third-order valence-corrected chi connectivity index (χ3v) is 5.00. The fraction of sp³-hybridized carbons (Fsp3) is 0.667. The summed E-state index contributed by atoms with van der Waals surface area (Å²) in [6, 6.07) is 11.3. The predicted octanol–water partition coefficient (Wildman–Crippen LogP) is 3.57. The number of hydrogen-bond donors (Lipinski definition) is 2. The van der Waals surface area contributed by atoms with Gasteiger partial charge in [0.25, 0.3) is 0 Å². The third kappa shape index (κ3) is 3.62. The van der Waals surface area contributed by atoms with Gasteiger partial charge in [0.05, 0.1) is 0 Å². The number of benzene rings is 1. The van der Waals surface area contributed by atoms with Crippen molar-refractivity contribution in [1.29, 1.82) is 0 Å². The van der Waals surface area contributed by atoms with Crippen LogP contribution < -0.4 is 5.32 Å². The van der Waals surface area contributed by atoms with Gasteiger partial charge in [0.1, 0.15) is 0 Å². The molecule has 1 fully saturated rings. The lowest BCUT2D eigenvalue weighted by Crippen LogP contribution is -2.39. The summed E-state index contributed by atoms with van der Waals surface area (Å²) in [5.74, 6) is 1.13. The zero-order valence-corrected chi connectivity index (χ0v) is 13.1. The Labute approximate surface area is 123 Å². The second-order valence-electron chi connectivity index (χ2n) is 7.03. The number of hydrogen-bond acceptors (Lipinski definition) is 2. The van der Waals surface area contributed by atoms with Crippen molar-refractivity contribution in [3.8, 4) is 0 Å². The second kappa shape index (κ2) is 6.73. The van der Waals surface area contributed by atoms with Crippen LogP contribution in [0.5, 0.6) is 0 Å². The van der Waals surface area contributed by atoms with Crippen LogP contribution in [0.1, 0.15) is 51.5 Å². The molecule has 20 heavy (non-hydrogen) atoms. The molecule has 0 spiro atoms. The van der Waals surface area contributed by atoms with Crippen LogP contribution in [-0.2, 0) is 0 Å². The Hall–Kier alpha value is -0.860. The van der Waals surface area contributed by atoms with E-state index in [1.54, 1.807) is 0 Å². The van der Waals surface area contributed by atoms with Crippen molar-refractivity contribution in [3.05, 3.63) is 35.9 Å². The van der Waals surface area contributed by atoms with Crippen LogP contribution in [0.3, 0.4) is 0 Å². The molecule has 3 unspecified atom stereocenters. The van der Waals surface area contributed by atoms with E-state index in [1.165, 1.54) is 24.8 Å². The van der Waals surface area contributed by atoms with Crippen LogP contribution in [-0.4, -0.2) is 24.3 Å². The van der Waals surface area contributed by atoms with Crippen LogP contribution in [0.4, 0.5) is 0 Å². The van der Waals surface area contributed by atoms with Crippen LogP contribution >= 0.6 is 0 Å². The van der Waals surface area contributed by atoms with E-state index in [1.807, 2.05) is 0 Å². The average molecular weight is 275 g/mol. The molecule has 2 rings (SSSR count). The van der Waals surface area contributed by atoms with Crippen molar-refractivity contribution < 1.29 is 5.11 Å². The van der Waals surface area contributed by atoms with E-state index in [9.17, 15) is 5.11 Å². The second-order valence-corrected chi connectivity index (χ2v) is 7.03. The molecule has 0 heterocycles. The maximum atomic E-state index is 9.74. The van der Waals surface area contributed by atoms with E-state index in [4.69, 9.17) is 0 Å². The zero-order chi connectivity index (χ0) is 14.6. The minimum absolute atomic E-state index is 0.101. The first-order valence-corrected chi connectivity index (χ1v) is 7.94. The molecule has 0 bridgehead atoms. The molecule has 1 aromatic rings. The van der Waals surface area contributed by atoms with Gasteiger partial charge in [-0.15, -0.1) is 0 Å². The molecule has 1 saturated carbocycles. The van der Waals surface area contributed by atoms with Gasteiger partial charge >= 0.3 is 0 Å². The summed E-state index contributed by atoms with van der Waals surface area (Å²) in [7, 11) is 0. The Morgan fingerprint density at radius 3 is 2.50 bits per heavy atom. The highest BCUT2D eigenvalue weighted by Crippen LogP contribution is 2.35. The van der Waals surface area contributed by atoms with Gasteiger partial charge in [0.15, 0.2) is 0 Å². The molecule has 1 aliphatic carbocycles. The van der Waals surface area contributed by atoms with Gasteiger partial charge in [-0.25, -0.2) is 0 Å². The molecule has 0 radical (unpaired) electrons. The highest BCUT2D eigenvalue weighted by Gasteiger charge is 2.31. The van der Waals surface area contributed by atoms with E-state index < -0.39 is 0 Å². The monoisotopic (exact) mass is 275 g/mol. The predicted molar refractivity (Wildman–Crippen MR) is 84.9 cm³/mol. The van der Waals surface area contributed by atoms with Crippen molar-refractivity contribution >= 4 is 0 Å². The molecule has 0 amide bonds. The average Bonchev–Trinajstić information content (AvgIpc) is 2.86. The minimum Gasteiger partial charge on any atom is -0.396 e. The van der Waals surface area contributed by atoms with E-state index in [0.717, 1.165) is 12.5 Å². The summed E-state index contributed by atoms with van der Waals surface area (Å²) < 4.78 is 0. The van der Waals surface area contributed by atoms with Gasteiger partial charge in [0, 0.05) is 25.1 Å². The molecule has 0 saturated heterocycles. The van der Waals surface area contributed by atoms with Gasteiger partial charge in [-0.2, -0.15) is 0 Å². The van der Waals surface area contributed by atoms with Gasteiger partial charge in [0.2, 0.25) is 0 Å². The molecule has 2 N–H and O–H groups in total. The van der Waals surface area contributed by atoms with Crippen LogP contribution in [0.25, 0.3) is 0 Å². The normalized spacial score (nSPS) is 24.8. The largest absolute Gasteiger partial charge is 0.396 e. The maximum absolute atomic E-state index is 9.74. The molecule has 112 valence electrons. The Bertz CT molecular complexity index is 401. The molecule has 0 aromatic heterocycles. The van der Waals surface area contributed by atoms with Gasteiger partial charge in [-0.3, -0.25) is 0 Å².